The van der Waals surface area contributed by atoms with Crippen molar-refractivity contribution in [3.8, 4) is 5.69 Å². The van der Waals surface area contributed by atoms with Gasteiger partial charge in [0.15, 0.2) is 17.0 Å². The Morgan fingerprint density at radius 1 is 0.971 bits per heavy atom. The van der Waals surface area contributed by atoms with Gasteiger partial charge in [-0.25, -0.2) is 15.0 Å². The lowest BCUT2D eigenvalue weighted by molar-refractivity contribution is 0.0720. The van der Waals surface area contributed by atoms with E-state index in [9.17, 15) is 5.11 Å². The number of benzene rings is 2. The molecule has 10 heteroatoms. The average molecular weight is 512 g/mol. The maximum atomic E-state index is 10.7. The fraction of sp³-hybridized carbons (Fsp3) is 0.320. The number of nitrogens with zero attached hydrogens (tertiary/aromatic N) is 6. The molecule has 8 nitrogen and oxygen atoms in total. The highest BCUT2D eigenvalue weighted by Crippen LogP contribution is 2.33. The quantitative estimate of drug-likeness (QED) is 0.397. The number of aryl methyl sites for hydroxylation is 1. The lowest BCUT2D eigenvalue weighted by Gasteiger charge is -2.41. The number of aliphatic hydroxyl groups is 1. The van der Waals surface area contributed by atoms with Crippen LogP contribution in [0.25, 0.3) is 16.9 Å². The first-order valence-electron chi connectivity index (χ1n) is 11.6. The van der Waals surface area contributed by atoms with Gasteiger partial charge in [-0.2, -0.15) is 0 Å². The third-order valence-electron chi connectivity index (χ3n) is 6.35. The van der Waals surface area contributed by atoms with Gasteiger partial charge in [0.1, 0.15) is 18.3 Å². The zero-order valence-electron chi connectivity index (χ0n) is 19.6. The normalized spacial score (nSPS) is 16.4. The number of fused-ring (bicyclic) bond motifs is 1. The van der Waals surface area contributed by atoms with E-state index in [-0.39, 0.29) is 6.17 Å². The number of halogens is 2. The second-order valence-corrected chi connectivity index (χ2v) is 9.44. The molecule has 1 aliphatic rings. The summed E-state index contributed by atoms with van der Waals surface area (Å²) in [5.74, 6) is 1.41. The van der Waals surface area contributed by atoms with Gasteiger partial charge in [0.25, 0.3) is 0 Å². The van der Waals surface area contributed by atoms with Crippen molar-refractivity contribution < 1.29 is 5.11 Å². The fourth-order valence-corrected chi connectivity index (χ4v) is 5.04. The molecular weight excluding hydrogens is 485 g/mol. The maximum absolute atomic E-state index is 10.7. The molecule has 0 amide bonds. The van der Waals surface area contributed by atoms with E-state index in [0.29, 0.717) is 21.4 Å². The molecule has 1 fully saturated rings. The van der Waals surface area contributed by atoms with Crippen molar-refractivity contribution in [2.45, 2.75) is 26.1 Å². The Morgan fingerprint density at radius 3 is 2.43 bits per heavy atom. The largest absolute Gasteiger partial charge is 0.390 e. The van der Waals surface area contributed by atoms with Crippen molar-refractivity contribution in [3.63, 3.8) is 0 Å². The van der Waals surface area contributed by atoms with E-state index in [1.54, 1.807) is 13.0 Å². The summed E-state index contributed by atoms with van der Waals surface area (Å²) in [5.41, 5.74) is 3.31. The first-order valence-corrected chi connectivity index (χ1v) is 12.3. The number of hydrogen-bond acceptors (Lipinski definition) is 7. The summed E-state index contributed by atoms with van der Waals surface area (Å²) >= 11 is 12.6. The highest BCUT2D eigenvalue weighted by atomic mass is 35.5. The molecule has 2 aromatic heterocycles. The third-order valence-corrected chi connectivity index (χ3v) is 7.16. The van der Waals surface area contributed by atoms with Gasteiger partial charge in [-0.15, -0.1) is 0 Å². The van der Waals surface area contributed by atoms with Crippen LogP contribution in [0.4, 0.5) is 11.5 Å². The first-order chi connectivity index (χ1) is 16.9. The fourth-order valence-electron chi connectivity index (χ4n) is 4.63. The number of aliphatic hydroxyl groups excluding tert-OH is 1. The highest BCUT2D eigenvalue weighted by molar-refractivity contribution is 6.43. The van der Waals surface area contributed by atoms with Crippen LogP contribution in [0.5, 0.6) is 0 Å². The summed E-state index contributed by atoms with van der Waals surface area (Å²) in [6.07, 6.45) is 0.551. The van der Waals surface area contributed by atoms with Gasteiger partial charge in [0, 0.05) is 31.9 Å². The Kier molecular flexibility index (Phi) is 6.80. The summed E-state index contributed by atoms with van der Waals surface area (Å²) in [6, 6.07) is 15.7. The molecule has 2 unspecified atom stereocenters. The van der Waals surface area contributed by atoms with Crippen LogP contribution < -0.4 is 10.2 Å². The molecule has 1 aliphatic heterocycles. The molecule has 5 rings (SSSR count). The van der Waals surface area contributed by atoms with Gasteiger partial charge in [-0.3, -0.25) is 9.47 Å². The highest BCUT2D eigenvalue weighted by Gasteiger charge is 2.29. The van der Waals surface area contributed by atoms with Crippen LogP contribution in [-0.2, 0) is 0 Å². The predicted molar refractivity (Wildman–Crippen MR) is 141 cm³/mol. The van der Waals surface area contributed by atoms with Gasteiger partial charge in [-0.1, -0.05) is 47.5 Å². The second kappa shape index (κ2) is 9.99. The monoisotopic (exact) mass is 511 g/mol. The van der Waals surface area contributed by atoms with Crippen LogP contribution in [0.1, 0.15) is 12.7 Å². The Bertz CT molecular complexity index is 1320. The summed E-state index contributed by atoms with van der Waals surface area (Å²) in [4.78, 5) is 18.2. The zero-order chi connectivity index (χ0) is 24.5. The van der Waals surface area contributed by atoms with Crippen LogP contribution in [0.2, 0.25) is 10.0 Å². The topological polar surface area (TPSA) is 82.3 Å². The first kappa shape index (κ1) is 23.8. The Labute approximate surface area is 214 Å². The minimum Gasteiger partial charge on any atom is -0.390 e. The lowest BCUT2D eigenvalue weighted by Crippen LogP contribution is -2.56. The van der Waals surface area contributed by atoms with Crippen molar-refractivity contribution in [3.05, 3.63) is 70.7 Å². The molecule has 2 N–H and O–H groups in total. The molecular formula is C25H27Cl2N7O. The molecule has 1 saturated heterocycles. The molecule has 2 aromatic carbocycles. The molecule has 3 heterocycles. The van der Waals surface area contributed by atoms with Crippen molar-refractivity contribution >= 4 is 45.9 Å². The summed E-state index contributed by atoms with van der Waals surface area (Å²) in [5, 5.41) is 15.2. The minimum atomic E-state index is -0.640. The van der Waals surface area contributed by atoms with E-state index < -0.39 is 6.10 Å². The Balaban J connectivity index is 1.38. The van der Waals surface area contributed by atoms with Gasteiger partial charge in [0.2, 0.25) is 0 Å². The van der Waals surface area contributed by atoms with E-state index in [0.717, 1.165) is 49.0 Å². The van der Waals surface area contributed by atoms with E-state index in [2.05, 4.69) is 25.1 Å². The van der Waals surface area contributed by atoms with Gasteiger partial charge in [-0.05, 0) is 38.1 Å². The molecule has 0 bridgehead atoms. The van der Waals surface area contributed by atoms with Crippen molar-refractivity contribution in [2.75, 3.05) is 36.4 Å². The average Bonchev–Trinajstić information content (AvgIpc) is 3.21. The number of anilines is 2. The van der Waals surface area contributed by atoms with Crippen LogP contribution >= 0.6 is 23.2 Å². The van der Waals surface area contributed by atoms with Gasteiger partial charge in [0.05, 0.1) is 21.8 Å². The van der Waals surface area contributed by atoms with Gasteiger partial charge < -0.3 is 15.3 Å². The number of aromatic nitrogens is 4. The number of nitrogens with one attached hydrogen (secondary N) is 1. The number of piperazine rings is 1. The summed E-state index contributed by atoms with van der Waals surface area (Å²) < 4.78 is 2.01. The van der Waals surface area contributed by atoms with Crippen LogP contribution in [0.3, 0.4) is 0 Å². The van der Waals surface area contributed by atoms with Crippen molar-refractivity contribution in [2.24, 2.45) is 0 Å². The van der Waals surface area contributed by atoms with E-state index in [1.165, 1.54) is 6.33 Å². The smallest absolute Gasteiger partial charge is 0.170 e. The molecule has 35 heavy (non-hydrogen) atoms. The van der Waals surface area contributed by atoms with E-state index >= 15 is 0 Å². The molecule has 4 aromatic rings. The van der Waals surface area contributed by atoms with Crippen molar-refractivity contribution in [1.82, 2.24) is 24.4 Å². The molecule has 0 radical (unpaired) electrons. The molecule has 0 saturated carbocycles. The number of imidazole rings is 1. The predicted octanol–water partition coefficient (Wildman–Crippen LogP) is 4.37. The minimum absolute atomic E-state index is 0.340. The Hall–Kier alpha value is -2.91. The molecule has 2 atom stereocenters. The standard InChI is InChI=1S/C25H27Cl2N7O/c1-16(35)24(33-13-11-32(12-14-33)20-10-6-9-19(26)21(20)27)31-23-22-25(29-15-28-23)34(17(2)30-22)18-7-4-3-5-8-18/h3-10,15-16,24,35H,11-14H2,1-2H3,(H,28,29,31). The number of rotatable bonds is 6. The van der Waals surface area contributed by atoms with E-state index in [4.69, 9.17) is 28.2 Å². The SMILES string of the molecule is Cc1nc2c(NC(C(C)O)N3CCN(c4cccc(Cl)c4Cl)CC3)ncnc2n1-c1ccccc1. The Morgan fingerprint density at radius 2 is 1.71 bits per heavy atom. The molecule has 182 valence electrons. The molecule has 0 aliphatic carbocycles. The number of para-hydroxylation sites is 1. The summed E-state index contributed by atoms with van der Waals surface area (Å²) in [6.45, 7) is 6.71. The van der Waals surface area contributed by atoms with Crippen LogP contribution in [0.15, 0.2) is 54.9 Å². The number of hydrogen-bond donors (Lipinski definition) is 2. The van der Waals surface area contributed by atoms with Gasteiger partial charge >= 0.3 is 0 Å². The third kappa shape index (κ3) is 4.67. The molecule has 0 spiro atoms. The second-order valence-electron chi connectivity index (χ2n) is 8.65. The summed E-state index contributed by atoms with van der Waals surface area (Å²) in [7, 11) is 0. The van der Waals surface area contributed by atoms with Crippen LogP contribution in [-0.4, -0.2) is 68.0 Å². The zero-order valence-corrected chi connectivity index (χ0v) is 21.1. The van der Waals surface area contributed by atoms with Crippen LogP contribution in [0, 0.1) is 6.92 Å². The van der Waals surface area contributed by atoms with Crippen molar-refractivity contribution in [1.29, 1.82) is 0 Å². The van der Waals surface area contributed by atoms with E-state index in [1.807, 2.05) is 54.0 Å². The lowest BCUT2D eigenvalue weighted by atomic mass is 10.2. The maximum Gasteiger partial charge on any atom is 0.170 e.